The van der Waals surface area contributed by atoms with Crippen LogP contribution in [-0.4, -0.2) is 17.9 Å². The number of hydrogen-bond acceptors (Lipinski definition) is 3. The summed E-state index contributed by atoms with van der Waals surface area (Å²) in [5.41, 5.74) is 1.74. The molecule has 0 heterocycles. The summed E-state index contributed by atoms with van der Waals surface area (Å²) < 4.78 is 0. The second kappa shape index (κ2) is 8.87. The zero-order chi connectivity index (χ0) is 19.2. The maximum atomic E-state index is 12.3. The lowest BCUT2D eigenvalue weighted by Gasteiger charge is -2.16. The molecule has 3 aromatic rings. The Labute approximate surface area is 164 Å². The first-order valence-electron chi connectivity index (χ1n) is 9.03. The lowest BCUT2D eigenvalue weighted by Crippen LogP contribution is -2.27. The third-order valence-corrected chi connectivity index (χ3v) is 5.40. The van der Waals surface area contributed by atoms with Gasteiger partial charge in [-0.15, -0.1) is 11.8 Å². The fourth-order valence-corrected chi connectivity index (χ4v) is 3.58. The largest absolute Gasteiger partial charge is 0.350 e. The number of amides is 1. The molecule has 0 aliphatic rings. The summed E-state index contributed by atoms with van der Waals surface area (Å²) in [5, 5.41) is 5.31. The minimum atomic E-state index is -0.112. The molecule has 0 aliphatic heterocycles. The molecule has 0 aromatic heterocycles. The molecule has 0 fully saturated rings. The molecule has 0 bridgehead atoms. The number of benzene rings is 3. The Kier molecular flexibility index (Phi) is 6.30. The molecular weight excluding hydrogens is 354 g/mol. The van der Waals surface area contributed by atoms with E-state index < -0.39 is 0 Å². The molecular formula is C23H23NO2S. The smallest absolute Gasteiger partial charge is 0.220 e. The van der Waals surface area contributed by atoms with Gasteiger partial charge in [-0.05, 0) is 41.6 Å². The molecule has 1 amide bonds. The van der Waals surface area contributed by atoms with Gasteiger partial charge in [-0.3, -0.25) is 9.59 Å². The van der Waals surface area contributed by atoms with Crippen LogP contribution in [0.3, 0.4) is 0 Å². The Morgan fingerprint density at radius 2 is 1.63 bits per heavy atom. The van der Waals surface area contributed by atoms with Crippen LogP contribution in [-0.2, 0) is 4.79 Å². The van der Waals surface area contributed by atoms with Crippen molar-refractivity contribution in [3.63, 3.8) is 0 Å². The normalized spacial score (nSPS) is 11.9. The van der Waals surface area contributed by atoms with Crippen molar-refractivity contribution in [2.45, 2.75) is 30.7 Å². The van der Waals surface area contributed by atoms with Crippen LogP contribution in [0.1, 0.15) is 41.7 Å². The number of hydrogen-bond donors (Lipinski definition) is 1. The molecule has 3 aromatic carbocycles. The molecule has 0 saturated carbocycles. The summed E-state index contributed by atoms with van der Waals surface area (Å²) in [6.07, 6.45) is 2.41. The fraction of sp³-hybridized carbons (Fsp3) is 0.217. The van der Waals surface area contributed by atoms with Crippen molar-refractivity contribution in [3.05, 3.63) is 77.9 Å². The Morgan fingerprint density at radius 3 is 2.37 bits per heavy atom. The summed E-state index contributed by atoms with van der Waals surface area (Å²) in [4.78, 5) is 25.7. The van der Waals surface area contributed by atoms with Crippen LogP contribution in [0.4, 0.5) is 0 Å². The SMILES string of the molecule is CSc1ccc(C(=O)CCC(=O)N[C@H](C)c2cccc3ccccc23)cc1. The first kappa shape index (κ1) is 19.2. The van der Waals surface area contributed by atoms with Crippen molar-refractivity contribution in [3.8, 4) is 0 Å². The van der Waals surface area contributed by atoms with E-state index in [-0.39, 0.29) is 30.6 Å². The highest BCUT2D eigenvalue weighted by atomic mass is 32.2. The van der Waals surface area contributed by atoms with Gasteiger partial charge in [0.25, 0.3) is 0 Å². The van der Waals surface area contributed by atoms with Crippen molar-refractivity contribution in [1.29, 1.82) is 0 Å². The molecule has 0 aliphatic carbocycles. The second-order valence-electron chi connectivity index (χ2n) is 6.51. The van der Waals surface area contributed by atoms with E-state index in [2.05, 4.69) is 23.5 Å². The number of carbonyl (C=O) groups is 2. The van der Waals surface area contributed by atoms with E-state index in [1.54, 1.807) is 11.8 Å². The summed E-state index contributed by atoms with van der Waals surface area (Å²) in [6.45, 7) is 1.97. The van der Waals surface area contributed by atoms with Gasteiger partial charge in [0.1, 0.15) is 0 Å². The van der Waals surface area contributed by atoms with Crippen LogP contribution >= 0.6 is 11.8 Å². The van der Waals surface area contributed by atoms with E-state index in [0.29, 0.717) is 5.56 Å². The number of thioether (sulfide) groups is 1. The molecule has 3 nitrogen and oxygen atoms in total. The van der Waals surface area contributed by atoms with Gasteiger partial charge in [0, 0.05) is 23.3 Å². The summed E-state index contributed by atoms with van der Waals surface area (Å²) in [5.74, 6) is -0.111. The van der Waals surface area contributed by atoms with Crippen molar-refractivity contribution in [2.75, 3.05) is 6.26 Å². The van der Waals surface area contributed by atoms with Crippen LogP contribution in [0.15, 0.2) is 71.6 Å². The monoisotopic (exact) mass is 377 g/mol. The number of ketones is 1. The summed E-state index contributed by atoms with van der Waals surface area (Å²) in [6, 6.07) is 21.6. The van der Waals surface area contributed by atoms with Crippen molar-refractivity contribution in [1.82, 2.24) is 5.32 Å². The average molecular weight is 378 g/mol. The Hall–Kier alpha value is -2.59. The molecule has 27 heavy (non-hydrogen) atoms. The predicted octanol–water partition coefficient (Wildman–Crippen LogP) is 5.40. The van der Waals surface area contributed by atoms with Crippen molar-refractivity contribution in [2.24, 2.45) is 0 Å². The highest BCUT2D eigenvalue weighted by molar-refractivity contribution is 7.98. The Morgan fingerprint density at radius 1 is 0.926 bits per heavy atom. The van der Waals surface area contributed by atoms with Gasteiger partial charge in [0.15, 0.2) is 5.78 Å². The third-order valence-electron chi connectivity index (χ3n) is 4.66. The van der Waals surface area contributed by atoms with Gasteiger partial charge in [0.05, 0.1) is 6.04 Å². The first-order valence-corrected chi connectivity index (χ1v) is 10.2. The van der Waals surface area contributed by atoms with Gasteiger partial charge >= 0.3 is 0 Å². The van der Waals surface area contributed by atoms with E-state index in [1.807, 2.05) is 61.7 Å². The molecule has 1 atom stereocenters. The molecule has 0 radical (unpaired) electrons. The van der Waals surface area contributed by atoms with Crippen molar-refractivity contribution >= 4 is 34.2 Å². The number of nitrogens with one attached hydrogen (secondary N) is 1. The maximum Gasteiger partial charge on any atom is 0.220 e. The van der Waals surface area contributed by atoms with Crippen LogP contribution in [0.5, 0.6) is 0 Å². The zero-order valence-corrected chi connectivity index (χ0v) is 16.4. The van der Waals surface area contributed by atoms with Gasteiger partial charge in [-0.2, -0.15) is 0 Å². The quantitative estimate of drug-likeness (QED) is 0.443. The molecule has 1 N–H and O–H groups in total. The number of carbonyl (C=O) groups excluding carboxylic acids is 2. The van der Waals surface area contributed by atoms with Crippen molar-refractivity contribution < 1.29 is 9.59 Å². The summed E-state index contributed by atoms with van der Waals surface area (Å²) >= 11 is 1.64. The number of Topliss-reactive ketones (excluding diaryl/α,β-unsaturated/α-hetero) is 1. The van der Waals surface area contributed by atoms with Gasteiger partial charge < -0.3 is 5.32 Å². The highest BCUT2D eigenvalue weighted by Gasteiger charge is 2.14. The van der Waals surface area contributed by atoms with E-state index in [1.165, 1.54) is 0 Å². The van der Waals surface area contributed by atoms with Gasteiger partial charge in [0.2, 0.25) is 5.91 Å². The Bertz CT molecular complexity index is 945. The third kappa shape index (κ3) is 4.77. The molecule has 0 unspecified atom stereocenters. The lowest BCUT2D eigenvalue weighted by atomic mass is 9.99. The molecule has 0 spiro atoms. The topological polar surface area (TPSA) is 46.2 Å². The Balaban J connectivity index is 1.59. The van der Waals surface area contributed by atoms with Gasteiger partial charge in [-0.1, -0.05) is 54.6 Å². The first-order chi connectivity index (χ1) is 13.1. The summed E-state index contributed by atoms with van der Waals surface area (Å²) in [7, 11) is 0. The zero-order valence-electron chi connectivity index (χ0n) is 15.6. The second-order valence-corrected chi connectivity index (χ2v) is 7.39. The highest BCUT2D eigenvalue weighted by Crippen LogP contribution is 2.24. The minimum Gasteiger partial charge on any atom is -0.350 e. The molecule has 3 rings (SSSR count). The number of fused-ring (bicyclic) bond motifs is 1. The predicted molar refractivity (Wildman–Crippen MR) is 112 cm³/mol. The molecule has 4 heteroatoms. The lowest BCUT2D eigenvalue weighted by molar-refractivity contribution is -0.121. The maximum absolute atomic E-state index is 12.3. The average Bonchev–Trinajstić information content (AvgIpc) is 2.71. The van der Waals surface area contributed by atoms with Crippen LogP contribution in [0, 0.1) is 0 Å². The van der Waals surface area contributed by atoms with E-state index in [9.17, 15) is 9.59 Å². The van der Waals surface area contributed by atoms with Crippen LogP contribution in [0.25, 0.3) is 10.8 Å². The van der Waals surface area contributed by atoms with E-state index in [0.717, 1.165) is 21.2 Å². The molecule has 138 valence electrons. The van der Waals surface area contributed by atoms with E-state index >= 15 is 0 Å². The molecule has 0 saturated heterocycles. The van der Waals surface area contributed by atoms with E-state index in [4.69, 9.17) is 0 Å². The fourth-order valence-electron chi connectivity index (χ4n) is 3.17. The minimum absolute atomic E-state index is 0.00406. The number of rotatable bonds is 7. The van der Waals surface area contributed by atoms with Gasteiger partial charge in [-0.25, -0.2) is 0 Å². The standard InChI is InChI=1S/C23H23NO2S/c1-16(20-9-5-7-17-6-3-4-8-21(17)20)24-23(26)15-14-22(25)18-10-12-19(27-2)13-11-18/h3-13,16H,14-15H2,1-2H3,(H,24,26)/t16-/m1/s1. The van der Waals surface area contributed by atoms with Crippen LogP contribution in [0.2, 0.25) is 0 Å². The van der Waals surface area contributed by atoms with Crippen LogP contribution < -0.4 is 5.32 Å².